The first kappa shape index (κ1) is 13.7. The van der Waals surface area contributed by atoms with Gasteiger partial charge >= 0.3 is 0 Å². The summed E-state index contributed by atoms with van der Waals surface area (Å²) in [5.74, 6) is -0.441. The number of aromatic nitrogens is 2. The van der Waals surface area contributed by atoms with E-state index in [0.717, 1.165) is 16.4 Å². The Kier molecular flexibility index (Phi) is 3.27. The molecule has 2 aromatic heterocycles. The summed E-state index contributed by atoms with van der Waals surface area (Å²) in [6.07, 6.45) is 1.75. The molecule has 0 amide bonds. The average Bonchev–Trinajstić information content (AvgIpc) is 3.06. The zero-order chi connectivity index (χ0) is 15.7. The topological polar surface area (TPSA) is 113 Å². The number of rotatable bonds is 0. The van der Waals surface area contributed by atoms with Crippen LogP contribution >= 0.6 is 0 Å². The molecule has 4 aromatic rings. The van der Waals surface area contributed by atoms with E-state index in [2.05, 4.69) is 9.97 Å². The smallest absolute Gasteiger partial charge is 0.233 e. The van der Waals surface area contributed by atoms with Gasteiger partial charge in [-0.1, -0.05) is 12.1 Å². The summed E-state index contributed by atoms with van der Waals surface area (Å²) in [6.45, 7) is 0. The highest BCUT2D eigenvalue weighted by Crippen LogP contribution is 2.32. The molecule has 0 saturated heterocycles. The van der Waals surface area contributed by atoms with Gasteiger partial charge in [-0.25, -0.2) is 0 Å². The Balaban J connectivity index is 0.000000131. The Hall–Kier alpha value is -3.28. The van der Waals surface area contributed by atoms with Crippen LogP contribution in [-0.4, -0.2) is 30.4 Å². The summed E-state index contributed by atoms with van der Waals surface area (Å²) >= 11 is 0. The number of phenols is 2. The first-order valence-corrected chi connectivity index (χ1v) is 6.54. The Morgan fingerprint density at radius 1 is 0.773 bits per heavy atom. The molecule has 0 saturated carbocycles. The first-order chi connectivity index (χ1) is 10.6. The fourth-order valence-electron chi connectivity index (χ4n) is 2.19. The van der Waals surface area contributed by atoms with Gasteiger partial charge in [0, 0.05) is 28.6 Å². The Labute approximate surface area is 124 Å². The molecule has 2 aromatic carbocycles. The fourth-order valence-corrected chi connectivity index (χ4v) is 2.19. The van der Waals surface area contributed by atoms with Crippen molar-refractivity contribution >= 4 is 21.8 Å². The van der Waals surface area contributed by atoms with Crippen LogP contribution in [0.5, 0.6) is 23.1 Å². The second kappa shape index (κ2) is 5.25. The van der Waals surface area contributed by atoms with Crippen LogP contribution in [0.1, 0.15) is 0 Å². The van der Waals surface area contributed by atoms with Gasteiger partial charge in [0.05, 0.1) is 5.52 Å². The van der Waals surface area contributed by atoms with Crippen LogP contribution in [0.2, 0.25) is 0 Å². The zero-order valence-corrected chi connectivity index (χ0v) is 11.4. The number of fused-ring (bicyclic) bond motifs is 2. The minimum atomic E-state index is -0.175. The SMILES string of the molecule is Oc1[nH]c2ccccc2c1O.Oc1cc2cc[nH]c2cc1O. The number of H-pyrrole nitrogens is 2. The number of nitrogens with one attached hydrogen (secondary N) is 2. The van der Waals surface area contributed by atoms with E-state index in [1.165, 1.54) is 12.1 Å². The fraction of sp³-hybridized carbons (Fsp3) is 0. The van der Waals surface area contributed by atoms with Gasteiger partial charge in [0.2, 0.25) is 5.88 Å². The number of para-hydroxylation sites is 1. The molecule has 0 bridgehead atoms. The lowest BCUT2D eigenvalue weighted by Crippen LogP contribution is -1.69. The number of aromatic hydroxyl groups is 4. The number of hydrogen-bond acceptors (Lipinski definition) is 4. The van der Waals surface area contributed by atoms with Crippen LogP contribution in [0.25, 0.3) is 21.8 Å². The maximum absolute atomic E-state index is 9.22. The molecule has 0 fully saturated rings. The van der Waals surface area contributed by atoms with Crippen molar-refractivity contribution in [2.24, 2.45) is 0 Å². The van der Waals surface area contributed by atoms with Crippen LogP contribution in [0.3, 0.4) is 0 Å². The Bertz CT molecular complexity index is 904. The molecular formula is C16H14N2O4. The summed E-state index contributed by atoms with van der Waals surface area (Å²) < 4.78 is 0. The molecule has 22 heavy (non-hydrogen) atoms. The maximum Gasteiger partial charge on any atom is 0.233 e. The minimum Gasteiger partial charge on any atom is -0.504 e. The average molecular weight is 298 g/mol. The number of benzene rings is 2. The van der Waals surface area contributed by atoms with Gasteiger partial charge in [0.15, 0.2) is 17.2 Å². The van der Waals surface area contributed by atoms with Crippen molar-refractivity contribution < 1.29 is 20.4 Å². The predicted molar refractivity (Wildman–Crippen MR) is 83.3 cm³/mol. The number of hydrogen-bond donors (Lipinski definition) is 6. The van der Waals surface area contributed by atoms with E-state index >= 15 is 0 Å². The van der Waals surface area contributed by atoms with Gasteiger partial charge in [0.25, 0.3) is 0 Å². The van der Waals surface area contributed by atoms with E-state index in [1.807, 2.05) is 12.1 Å². The summed E-state index contributed by atoms with van der Waals surface area (Å²) in [6, 6.07) is 12.0. The van der Waals surface area contributed by atoms with Gasteiger partial charge < -0.3 is 30.4 Å². The molecule has 0 spiro atoms. The molecule has 6 N–H and O–H groups in total. The Morgan fingerprint density at radius 3 is 2.27 bits per heavy atom. The quantitative estimate of drug-likeness (QED) is 0.280. The standard InChI is InChI=1S/2C8H7NO2/c10-7-3-5-1-2-9-6(5)4-8(7)11;10-7-5-3-1-2-4-6(5)9-8(7)11/h2*1-4,9-11H. The van der Waals surface area contributed by atoms with Crippen LogP contribution < -0.4 is 0 Å². The van der Waals surface area contributed by atoms with E-state index in [4.69, 9.17) is 15.3 Å². The highest BCUT2D eigenvalue weighted by Gasteiger charge is 2.06. The summed E-state index contributed by atoms with van der Waals surface area (Å²) in [5.41, 5.74) is 1.56. The monoisotopic (exact) mass is 298 g/mol. The molecule has 112 valence electrons. The molecule has 4 rings (SSSR count). The van der Waals surface area contributed by atoms with E-state index in [0.29, 0.717) is 5.39 Å². The molecule has 0 aliphatic heterocycles. The van der Waals surface area contributed by atoms with Crippen molar-refractivity contribution in [3.63, 3.8) is 0 Å². The van der Waals surface area contributed by atoms with Gasteiger partial charge in [-0.2, -0.15) is 0 Å². The van der Waals surface area contributed by atoms with Crippen molar-refractivity contribution in [2.45, 2.75) is 0 Å². The third kappa shape index (κ3) is 2.37. The lowest BCUT2D eigenvalue weighted by atomic mass is 10.2. The summed E-state index contributed by atoms with van der Waals surface area (Å²) in [4.78, 5) is 5.55. The molecule has 6 nitrogen and oxygen atoms in total. The second-order valence-corrected chi connectivity index (χ2v) is 4.77. The van der Waals surface area contributed by atoms with E-state index in [-0.39, 0.29) is 23.1 Å². The number of phenolic OH excluding ortho intramolecular Hbond substituents is 2. The molecule has 0 atom stereocenters. The summed E-state index contributed by atoms with van der Waals surface area (Å²) in [7, 11) is 0. The number of aromatic amines is 2. The van der Waals surface area contributed by atoms with Crippen LogP contribution in [-0.2, 0) is 0 Å². The van der Waals surface area contributed by atoms with Crippen molar-refractivity contribution in [3.8, 4) is 23.1 Å². The lowest BCUT2D eigenvalue weighted by Gasteiger charge is -1.95. The van der Waals surface area contributed by atoms with Crippen molar-refractivity contribution in [3.05, 3.63) is 48.7 Å². The zero-order valence-electron chi connectivity index (χ0n) is 11.4. The third-order valence-corrected chi connectivity index (χ3v) is 3.31. The normalized spacial score (nSPS) is 10.5. The summed E-state index contributed by atoms with van der Waals surface area (Å²) in [5, 5.41) is 37.9. The lowest BCUT2D eigenvalue weighted by molar-refractivity contribution is 0.398. The minimum absolute atomic E-state index is 0.0828. The highest BCUT2D eigenvalue weighted by atomic mass is 16.3. The maximum atomic E-state index is 9.22. The van der Waals surface area contributed by atoms with Crippen molar-refractivity contribution in [1.29, 1.82) is 0 Å². The molecule has 0 radical (unpaired) electrons. The van der Waals surface area contributed by atoms with Gasteiger partial charge in [-0.15, -0.1) is 0 Å². The van der Waals surface area contributed by atoms with E-state index in [9.17, 15) is 5.11 Å². The van der Waals surface area contributed by atoms with E-state index < -0.39 is 0 Å². The molecule has 6 heteroatoms. The third-order valence-electron chi connectivity index (χ3n) is 3.31. The Morgan fingerprint density at radius 2 is 1.50 bits per heavy atom. The predicted octanol–water partition coefficient (Wildman–Crippen LogP) is 3.16. The molecular weight excluding hydrogens is 284 g/mol. The van der Waals surface area contributed by atoms with E-state index in [1.54, 1.807) is 24.4 Å². The van der Waals surface area contributed by atoms with Crippen molar-refractivity contribution in [1.82, 2.24) is 9.97 Å². The molecule has 0 aliphatic carbocycles. The van der Waals surface area contributed by atoms with Gasteiger partial charge in [-0.05, 0) is 24.3 Å². The van der Waals surface area contributed by atoms with Crippen LogP contribution in [0, 0.1) is 0 Å². The largest absolute Gasteiger partial charge is 0.504 e. The molecule has 2 heterocycles. The van der Waals surface area contributed by atoms with Gasteiger partial charge in [0.1, 0.15) is 0 Å². The van der Waals surface area contributed by atoms with Crippen molar-refractivity contribution in [2.75, 3.05) is 0 Å². The highest BCUT2D eigenvalue weighted by molar-refractivity contribution is 5.88. The second-order valence-electron chi connectivity index (χ2n) is 4.77. The molecule has 0 aliphatic rings. The van der Waals surface area contributed by atoms with Gasteiger partial charge in [-0.3, -0.25) is 0 Å². The van der Waals surface area contributed by atoms with Crippen LogP contribution in [0.4, 0.5) is 0 Å². The van der Waals surface area contributed by atoms with Crippen LogP contribution in [0.15, 0.2) is 48.7 Å². The molecule has 0 unspecified atom stereocenters. The first-order valence-electron chi connectivity index (χ1n) is 6.54.